The zero-order chi connectivity index (χ0) is 42.4. The molecule has 0 bridgehead atoms. The molecule has 2 heterocycles. The van der Waals surface area contributed by atoms with E-state index in [0.717, 1.165) is 44.9 Å². The van der Waals surface area contributed by atoms with Crippen molar-refractivity contribution < 1.29 is 75.2 Å². The number of hydrogen-bond acceptors (Lipinski definition) is 13. The summed E-state index contributed by atoms with van der Waals surface area (Å²) in [6.45, 7) is 2.58. The number of methoxy groups -OCH3 is 3. The van der Waals surface area contributed by atoms with Gasteiger partial charge in [-0.05, 0) is 51.4 Å². The summed E-state index contributed by atoms with van der Waals surface area (Å²) in [7, 11) is 4.26. The van der Waals surface area contributed by atoms with Gasteiger partial charge in [-0.2, -0.15) is 18.1 Å². The van der Waals surface area contributed by atoms with Gasteiger partial charge in [-0.15, -0.1) is 0 Å². The number of amides is 8. The summed E-state index contributed by atoms with van der Waals surface area (Å²) in [6, 6.07) is -0.496. The number of nitrogens with one attached hydrogen (secondary N) is 3. The molecule has 0 spiro atoms. The third-order valence-corrected chi connectivity index (χ3v) is 8.93. The number of halogens is 3. The molecule has 0 saturated heterocycles. The minimum absolute atomic E-state index is 0.0270. The lowest BCUT2D eigenvalue weighted by molar-refractivity contribution is -0.174. The molecule has 18 nitrogen and oxygen atoms in total. The lowest BCUT2D eigenvalue weighted by Gasteiger charge is -2.33. The van der Waals surface area contributed by atoms with Crippen LogP contribution in [0.15, 0.2) is 24.3 Å². The smallest absolute Gasteiger partial charge is 0.452 e. The number of hydrogen-bond donors (Lipinski definition) is 3. The topological polar surface area (TPSA) is 225 Å². The molecule has 0 aromatic rings. The standard InChI is InChI=1S/C16H24N2O5.C14H23F3N2O4.C6H5NO4/c1-22-10-11-23-9-8-14(19)17-12-2-4-13(5-3-12)18-15(20)6-7-16(18)21;1-22-8-9-23-7-6-12(20)18-10-2-4-11(5-3-10)19-13(21)14(15,16)17;1-11-6(10)7-4(8)2-3-5(7)9/h6-7,12-13H,2-5,8-11H2,1H3,(H,17,19);10-11H,2-9H2,1H3,(H,18,20)(H,19,21);2-3H,1H3. The van der Waals surface area contributed by atoms with Gasteiger partial charge in [0.2, 0.25) is 11.8 Å². The summed E-state index contributed by atoms with van der Waals surface area (Å²) >= 11 is 0. The van der Waals surface area contributed by atoms with Crippen LogP contribution in [-0.2, 0) is 57.2 Å². The Kier molecular flexibility index (Phi) is 21.7. The predicted molar refractivity (Wildman–Crippen MR) is 192 cm³/mol. The van der Waals surface area contributed by atoms with E-state index in [4.69, 9.17) is 18.9 Å². The number of carbonyl (C=O) groups excluding carboxylic acids is 8. The Bertz CT molecular complexity index is 1410. The Hall–Kier alpha value is -4.73. The van der Waals surface area contributed by atoms with Crippen molar-refractivity contribution in [3.05, 3.63) is 24.3 Å². The molecule has 2 fully saturated rings. The Labute approximate surface area is 328 Å². The first-order chi connectivity index (χ1) is 27.1. The molecule has 2 aliphatic heterocycles. The maximum atomic E-state index is 12.2. The third-order valence-electron chi connectivity index (χ3n) is 8.93. The molecule has 2 aliphatic carbocycles. The first kappa shape index (κ1) is 48.4. The van der Waals surface area contributed by atoms with Crippen LogP contribution in [0, 0.1) is 0 Å². The van der Waals surface area contributed by atoms with Gasteiger partial charge in [0.1, 0.15) is 0 Å². The summed E-state index contributed by atoms with van der Waals surface area (Å²) in [6.07, 6.45) is 4.34. The van der Waals surface area contributed by atoms with Crippen molar-refractivity contribution in [3.8, 4) is 0 Å². The maximum Gasteiger partial charge on any atom is 0.471 e. The third kappa shape index (κ3) is 17.9. The van der Waals surface area contributed by atoms with E-state index in [1.807, 2.05) is 5.32 Å². The quantitative estimate of drug-likeness (QED) is 0.147. The second kappa shape index (κ2) is 25.5. The van der Waals surface area contributed by atoms with Crippen molar-refractivity contribution in [2.45, 2.75) is 94.6 Å². The second-order valence-corrected chi connectivity index (χ2v) is 13.1. The highest BCUT2D eigenvalue weighted by atomic mass is 19.4. The zero-order valence-electron chi connectivity index (χ0n) is 32.3. The van der Waals surface area contributed by atoms with E-state index in [9.17, 15) is 51.5 Å². The van der Waals surface area contributed by atoms with Crippen LogP contribution in [0.5, 0.6) is 0 Å². The zero-order valence-corrected chi connectivity index (χ0v) is 32.3. The molecule has 0 atom stereocenters. The summed E-state index contributed by atoms with van der Waals surface area (Å²) in [5.74, 6) is -3.86. The molecule has 8 amide bonds. The average molecular weight is 820 g/mol. The van der Waals surface area contributed by atoms with Crippen molar-refractivity contribution in [1.29, 1.82) is 0 Å². The summed E-state index contributed by atoms with van der Waals surface area (Å²) < 4.78 is 60.8. The van der Waals surface area contributed by atoms with Gasteiger partial charge in [0, 0.05) is 75.5 Å². The van der Waals surface area contributed by atoms with Gasteiger partial charge in [0.05, 0.1) is 46.8 Å². The first-order valence-corrected chi connectivity index (χ1v) is 18.4. The van der Waals surface area contributed by atoms with Crippen molar-refractivity contribution >= 4 is 47.4 Å². The molecule has 0 radical (unpaired) electrons. The molecule has 0 unspecified atom stereocenters. The molecule has 2 saturated carbocycles. The van der Waals surface area contributed by atoms with Crippen LogP contribution in [0.25, 0.3) is 0 Å². The lowest BCUT2D eigenvalue weighted by atomic mass is 9.90. The van der Waals surface area contributed by atoms with Crippen molar-refractivity contribution in [2.75, 3.05) is 61.0 Å². The number of carbonyl (C=O) groups is 8. The summed E-state index contributed by atoms with van der Waals surface area (Å²) in [5.41, 5.74) is 0. The Morgan fingerprint density at radius 3 is 1.37 bits per heavy atom. The van der Waals surface area contributed by atoms with Gasteiger partial charge < -0.3 is 39.6 Å². The monoisotopic (exact) mass is 819 g/mol. The number of alkyl halides is 3. The first-order valence-electron chi connectivity index (χ1n) is 18.4. The van der Waals surface area contributed by atoms with Crippen LogP contribution >= 0.6 is 0 Å². The molecular weight excluding hydrogens is 767 g/mol. The highest BCUT2D eigenvalue weighted by Crippen LogP contribution is 2.26. The Morgan fingerprint density at radius 1 is 0.596 bits per heavy atom. The van der Waals surface area contributed by atoms with Crippen LogP contribution in [0.4, 0.5) is 18.0 Å². The molecule has 4 aliphatic rings. The maximum absolute atomic E-state index is 12.2. The van der Waals surface area contributed by atoms with E-state index in [1.165, 1.54) is 17.1 Å². The van der Waals surface area contributed by atoms with Crippen molar-refractivity contribution in [1.82, 2.24) is 25.8 Å². The fourth-order valence-corrected chi connectivity index (χ4v) is 5.99. The van der Waals surface area contributed by atoms with Gasteiger partial charge in [-0.3, -0.25) is 38.5 Å². The van der Waals surface area contributed by atoms with Crippen LogP contribution in [0.2, 0.25) is 0 Å². The number of nitrogens with zero attached hydrogens (tertiary/aromatic N) is 2. The Morgan fingerprint density at radius 2 is 0.982 bits per heavy atom. The molecule has 21 heteroatoms. The van der Waals surface area contributed by atoms with Gasteiger partial charge in [0.15, 0.2) is 0 Å². The highest BCUT2D eigenvalue weighted by Gasteiger charge is 2.40. The molecule has 57 heavy (non-hydrogen) atoms. The van der Waals surface area contributed by atoms with Gasteiger partial charge in [-0.1, -0.05) is 0 Å². The molecule has 3 N–H and O–H groups in total. The number of imide groups is 4. The largest absolute Gasteiger partial charge is 0.471 e. The van der Waals surface area contributed by atoms with E-state index >= 15 is 0 Å². The fourth-order valence-electron chi connectivity index (χ4n) is 5.99. The minimum atomic E-state index is -4.85. The molecular formula is C36H52F3N5O13. The molecule has 0 aromatic carbocycles. The minimum Gasteiger partial charge on any atom is -0.452 e. The van der Waals surface area contributed by atoms with Crippen LogP contribution in [-0.4, -0.2) is 149 Å². The second-order valence-electron chi connectivity index (χ2n) is 13.1. The van der Waals surface area contributed by atoms with Crippen LogP contribution < -0.4 is 16.0 Å². The predicted octanol–water partition coefficient (Wildman–Crippen LogP) is 1.22. The number of rotatable bonds is 16. The summed E-state index contributed by atoms with van der Waals surface area (Å²) in [4.78, 5) is 91.5. The van der Waals surface area contributed by atoms with E-state index in [-0.39, 0.29) is 48.2 Å². The fraction of sp³-hybridized carbons (Fsp3) is 0.667. The van der Waals surface area contributed by atoms with Gasteiger partial charge >= 0.3 is 18.2 Å². The van der Waals surface area contributed by atoms with Gasteiger partial charge in [-0.25, -0.2) is 4.79 Å². The SMILES string of the molecule is COC(=O)N1C(=O)C=CC1=O.COCCOCCC(=O)NC1CCC(N2C(=O)C=CC2=O)CC1.COCCOCCC(=O)NC1CCC(NC(=O)C(F)(F)F)CC1. The normalized spacial score (nSPS) is 21.6. The van der Waals surface area contributed by atoms with Crippen LogP contribution in [0.1, 0.15) is 64.2 Å². The lowest BCUT2D eigenvalue weighted by Crippen LogP contribution is -2.47. The summed E-state index contributed by atoms with van der Waals surface area (Å²) in [5, 5.41) is 7.80. The average Bonchev–Trinajstić information content (AvgIpc) is 3.70. The van der Waals surface area contributed by atoms with Gasteiger partial charge in [0.25, 0.3) is 23.6 Å². The van der Waals surface area contributed by atoms with E-state index in [2.05, 4.69) is 15.4 Å². The van der Waals surface area contributed by atoms with E-state index in [0.29, 0.717) is 76.6 Å². The van der Waals surface area contributed by atoms with Crippen molar-refractivity contribution in [3.63, 3.8) is 0 Å². The van der Waals surface area contributed by atoms with E-state index in [1.54, 1.807) is 14.2 Å². The van der Waals surface area contributed by atoms with Crippen LogP contribution in [0.3, 0.4) is 0 Å². The number of ether oxygens (including phenoxy) is 5. The molecule has 320 valence electrons. The highest BCUT2D eigenvalue weighted by molar-refractivity contribution is 6.21. The Balaban J connectivity index is 0.000000313. The van der Waals surface area contributed by atoms with Crippen molar-refractivity contribution in [2.24, 2.45) is 0 Å². The molecule has 0 aromatic heterocycles. The van der Waals surface area contributed by atoms with E-state index < -0.39 is 36.0 Å². The molecule has 4 rings (SSSR count).